The van der Waals surface area contributed by atoms with Gasteiger partial charge in [0, 0.05) is 37.7 Å². The number of nitrogens with zero attached hydrogens (tertiary/aromatic N) is 5. The molecule has 0 spiro atoms. The Morgan fingerprint density at radius 3 is 2.44 bits per heavy atom. The number of hydrogen-bond donors (Lipinski definition) is 1. The lowest BCUT2D eigenvalue weighted by Gasteiger charge is -2.55. The van der Waals surface area contributed by atoms with Crippen molar-refractivity contribution in [2.45, 2.75) is 38.0 Å². The Morgan fingerprint density at radius 2 is 1.73 bits per heavy atom. The van der Waals surface area contributed by atoms with E-state index in [0.717, 1.165) is 33.7 Å². The number of amides is 3. The van der Waals surface area contributed by atoms with E-state index in [0.29, 0.717) is 13.0 Å². The van der Waals surface area contributed by atoms with Crippen LogP contribution in [-0.2, 0) is 33.8 Å². The molecule has 4 aromatic rings. The molecule has 2 aliphatic heterocycles. The number of hydrazine groups is 1. The number of carbonyl (C=O) groups excluding carboxylic acids is 3. The molecule has 0 bridgehead atoms. The number of fused-ring (bicyclic) bond motifs is 1. The van der Waals surface area contributed by atoms with Gasteiger partial charge in [0.05, 0.1) is 25.9 Å². The van der Waals surface area contributed by atoms with E-state index in [1.165, 1.54) is 0 Å². The van der Waals surface area contributed by atoms with Gasteiger partial charge in [0.2, 0.25) is 17.7 Å². The molecule has 2 saturated heterocycles. The summed E-state index contributed by atoms with van der Waals surface area (Å²) in [6, 6.07) is 27.0. The van der Waals surface area contributed by atoms with E-state index < -0.39 is 12.2 Å². The van der Waals surface area contributed by atoms with E-state index in [-0.39, 0.29) is 55.9 Å². The molecule has 3 aromatic carbocycles. The van der Waals surface area contributed by atoms with Crippen molar-refractivity contribution < 1.29 is 24.2 Å². The zero-order valence-electron chi connectivity index (χ0n) is 26.9. The fourth-order valence-electron chi connectivity index (χ4n) is 6.55. The van der Waals surface area contributed by atoms with Gasteiger partial charge >= 0.3 is 0 Å². The Kier molecular flexibility index (Phi) is 9.82. The van der Waals surface area contributed by atoms with Gasteiger partial charge in [-0.15, -0.1) is 6.58 Å². The second-order valence-electron chi connectivity index (χ2n) is 12.0. The van der Waals surface area contributed by atoms with E-state index in [9.17, 15) is 19.5 Å². The van der Waals surface area contributed by atoms with Gasteiger partial charge in [-0.1, -0.05) is 54.6 Å². The molecule has 2 aliphatic rings. The molecule has 0 saturated carbocycles. The van der Waals surface area contributed by atoms with Gasteiger partial charge in [-0.25, -0.2) is 10.0 Å². The zero-order chi connectivity index (χ0) is 33.6. The molecule has 2 fully saturated rings. The first-order valence-electron chi connectivity index (χ1n) is 16.0. The number of methoxy groups -OCH3 is 1. The van der Waals surface area contributed by atoms with Crippen molar-refractivity contribution in [1.29, 1.82) is 0 Å². The summed E-state index contributed by atoms with van der Waals surface area (Å²) in [5, 5.41) is 13.3. The van der Waals surface area contributed by atoms with Crippen LogP contribution in [0.25, 0.3) is 11.3 Å². The van der Waals surface area contributed by atoms with Crippen molar-refractivity contribution in [2.75, 3.05) is 26.7 Å². The zero-order valence-corrected chi connectivity index (χ0v) is 26.9. The fraction of sp³-hybridized carbons (Fsp3) is 0.263. The topological polar surface area (TPSA) is 107 Å². The quantitative estimate of drug-likeness (QED) is 0.240. The molecule has 1 N–H and O–H groups in total. The molecule has 246 valence electrons. The predicted molar refractivity (Wildman–Crippen MR) is 181 cm³/mol. The highest BCUT2D eigenvalue weighted by Crippen LogP contribution is 2.32. The molecule has 0 radical (unpaired) electrons. The van der Waals surface area contributed by atoms with Crippen LogP contribution >= 0.6 is 0 Å². The third kappa shape index (κ3) is 6.94. The maximum atomic E-state index is 14.4. The molecule has 3 amide bonds. The van der Waals surface area contributed by atoms with Crippen LogP contribution in [-0.4, -0.2) is 86.6 Å². The minimum Gasteiger partial charge on any atom is -0.508 e. The van der Waals surface area contributed by atoms with Crippen LogP contribution in [0.15, 0.2) is 110 Å². The third-order valence-electron chi connectivity index (χ3n) is 8.88. The monoisotopic (exact) mass is 645 g/mol. The van der Waals surface area contributed by atoms with E-state index in [1.54, 1.807) is 63.5 Å². The predicted octanol–water partition coefficient (Wildman–Crippen LogP) is 4.45. The lowest BCUT2D eigenvalue weighted by molar-refractivity contribution is -0.205. The minimum atomic E-state index is -0.864. The molecule has 10 nitrogen and oxygen atoms in total. The standard InChI is InChI=1S/C38H39N5O5/c1-3-22-41-26-36(46)42-33(23-28-11-16-31(44)17-12-28)38(47)40(25-34(42)43(41)35(45)20-13-27-8-5-4-6-9-27)24-30-10-7-21-39-37(30)29-14-18-32(48-2)19-15-29/h3-12,14-19,21,33-34,44H,1,13,20,22-26H2,2H3/t33-,34-/m0/s1. The number of aromatic hydroxyl groups is 1. The summed E-state index contributed by atoms with van der Waals surface area (Å²) < 4.78 is 5.33. The number of pyridine rings is 1. The van der Waals surface area contributed by atoms with E-state index >= 15 is 0 Å². The summed E-state index contributed by atoms with van der Waals surface area (Å²) >= 11 is 0. The Labute approximate surface area is 280 Å². The molecule has 0 aliphatic carbocycles. The highest BCUT2D eigenvalue weighted by atomic mass is 16.5. The molecule has 0 unspecified atom stereocenters. The van der Waals surface area contributed by atoms with Crippen molar-refractivity contribution in [2.24, 2.45) is 0 Å². The van der Waals surface area contributed by atoms with Crippen LogP contribution in [0.3, 0.4) is 0 Å². The molecular weight excluding hydrogens is 606 g/mol. The smallest absolute Gasteiger partial charge is 0.246 e. The number of phenols is 1. The third-order valence-corrected chi connectivity index (χ3v) is 8.88. The number of benzene rings is 3. The normalized spacial score (nSPS) is 18.1. The summed E-state index contributed by atoms with van der Waals surface area (Å²) in [6.45, 7) is 4.48. The first-order valence-corrected chi connectivity index (χ1v) is 16.0. The molecule has 2 atom stereocenters. The van der Waals surface area contributed by atoms with Gasteiger partial charge in [-0.3, -0.25) is 19.4 Å². The lowest BCUT2D eigenvalue weighted by atomic mass is 9.97. The van der Waals surface area contributed by atoms with E-state index in [2.05, 4.69) is 11.6 Å². The first-order chi connectivity index (χ1) is 23.4. The Bertz CT molecular complexity index is 1760. The molecule has 48 heavy (non-hydrogen) atoms. The maximum absolute atomic E-state index is 14.4. The van der Waals surface area contributed by atoms with Gasteiger partial charge in [-0.2, -0.15) is 0 Å². The molecule has 6 rings (SSSR count). The molecule has 1 aromatic heterocycles. The Morgan fingerprint density at radius 1 is 0.979 bits per heavy atom. The van der Waals surface area contributed by atoms with Crippen molar-refractivity contribution in [3.8, 4) is 22.8 Å². The number of aryl methyl sites for hydroxylation is 1. The van der Waals surface area contributed by atoms with Gasteiger partial charge in [0.25, 0.3) is 0 Å². The van der Waals surface area contributed by atoms with E-state index in [1.807, 2.05) is 66.7 Å². The Balaban J connectivity index is 1.36. The van der Waals surface area contributed by atoms with Gasteiger partial charge in [0.1, 0.15) is 23.7 Å². The van der Waals surface area contributed by atoms with Crippen LogP contribution in [0.5, 0.6) is 11.5 Å². The van der Waals surface area contributed by atoms with Crippen LogP contribution < -0.4 is 4.74 Å². The summed E-state index contributed by atoms with van der Waals surface area (Å²) in [6.07, 6.45) is 3.67. The van der Waals surface area contributed by atoms with Gasteiger partial charge in [-0.05, 0) is 65.6 Å². The van der Waals surface area contributed by atoms with Gasteiger partial charge in [0.15, 0.2) is 0 Å². The average molecular weight is 646 g/mol. The van der Waals surface area contributed by atoms with Crippen molar-refractivity contribution in [3.63, 3.8) is 0 Å². The number of aromatic nitrogens is 1. The van der Waals surface area contributed by atoms with Gasteiger partial charge < -0.3 is 19.6 Å². The highest BCUT2D eigenvalue weighted by molar-refractivity contribution is 5.92. The molecule has 3 heterocycles. The van der Waals surface area contributed by atoms with Crippen molar-refractivity contribution >= 4 is 17.7 Å². The number of rotatable bonds is 11. The second kappa shape index (κ2) is 14.5. The number of phenolic OH excluding ortho intramolecular Hbond substituents is 1. The van der Waals surface area contributed by atoms with Crippen molar-refractivity contribution in [3.05, 3.63) is 127 Å². The van der Waals surface area contributed by atoms with Crippen molar-refractivity contribution in [1.82, 2.24) is 24.8 Å². The lowest BCUT2D eigenvalue weighted by Crippen LogP contribution is -2.75. The number of hydrogen-bond acceptors (Lipinski definition) is 7. The van der Waals surface area contributed by atoms with Crippen LogP contribution in [0.4, 0.5) is 0 Å². The molecule has 10 heteroatoms. The second-order valence-corrected chi connectivity index (χ2v) is 12.0. The Hall–Kier alpha value is -5.48. The maximum Gasteiger partial charge on any atom is 0.246 e. The van der Waals surface area contributed by atoms with Crippen LogP contribution in [0, 0.1) is 0 Å². The van der Waals surface area contributed by atoms with Crippen LogP contribution in [0.1, 0.15) is 23.1 Å². The largest absolute Gasteiger partial charge is 0.508 e. The van der Waals surface area contributed by atoms with Crippen LogP contribution in [0.2, 0.25) is 0 Å². The summed E-state index contributed by atoms with van der Waals surface area (Å²) in [4.78, 5) is 50.5. The number of piperazine rings is 1. The minimum absolute atomic E-state index is 0.0524. The first kappa shape index (κ1) is 32.5. The molecular formula is C38H39N5O5. The van der Waals surface area contributed by atoms with E-state index in [4.69, 9.17) is 4.74 Å². The summed E-state index contributed by atoms with van der Waals surface area (Å²) in [7, 11) is 1.61. The SMILES string of the molecule is C=CCN1CC(=O)N2[C@@H](Cc3ccc(O)cc3)C(=O)N(Cc3cccnc3-c3ccc(OC)cc3)C[C@@H]2N1C(=O)CCc1ccccc1. The number of ether oxygens (including phenoxy) is 1. The number of carbonyl (C=O) groups is 3. The summed E-state index contributed by atoms with van der Waals surface area (Å²) in [5.74, 6) is 0.251. The highest BCUT2D eigenvalue weighted by Gasteiger charge is 2.51. The summed E-state index contributed by atoms with van der Waals surface area (Å²) in [5.41, 5.74) is 4.27. The average Bonchev–Trinajstić information content (AvgIpc) is 3.11. The fourth-order valence-corrected chi connectivity index (χ4v) is 6.55.